The number of amides is 2. The lowest BCUT2D eigenvalue weighted by molar-refractivity contribution is -0.129. The minimum absolute atomic E-state index is 0.0571. The second-order valence-corrected chi connectivity index (χ2v) is 8.18. The number of likely N-dealkylation sites (tertiary alicyclic amines) is 1. The van der Waals surface area contributed by atoms with Gasteiger partial charge in [-0.3, -0.25) is 10.1 Å². The maximum atomic E-state index is 12.6. The van der Waals surface area contributed by atoms with Crippen LogP contribution in [0.1, 0.15) is 17.5 Å². The van der Waals surface area contributed by atoms with Crippen LogP contribution in [0.25, 0.3) is 11.1 Å². The molecule has 3 aromatic rings. The van der Waals surface area contributed by atoms with Crippen LogP contribution in [0.15, 0.2) is 78.9 Å². The van der Waals surface area contributed by atoms with Crippen molar-refractivity contribution in [3.63, 3.8) is 0 Å². The molecule has 1 aliphatic carbocycles. The fraction of sp³-hybridized carbons (Fsp3) is 0.231. The Morgan fingerprint density at radius 2 is 1.52 bits per heavy atom. The minimum atomic E-state index is -0.528. The summed E-state index contributed by atoms with van der Waals surface area (Å²) in [6.07, 6.45) is 1.03. The molecule has 2 aliphatic rings. The maximum absolute atomic E-state index is 12.6. The molecule has 1 N–H and O–H groups in total. The summed E-state index contributed by atoms with van der Waals surface area (Å²) < 4.78 is 5.59. The van der Waals surface area contributed by atoms with Gasteiger partial charge < -0.3 is 9.64 Å². The Bertz CT molecular complexity index is 1090. The van der Waals surface area contributed by atoms with E-state index in [-0.39, 0.29) is 18.4 Å². The van der Waals surface area contributed by atoms with Crippen LogP contribution < -0.4 is 5.32 Å². The topological polar surface area (TPSA) is 58.6 Å². The average Bonchev–Trinajstić information content (AvgIpc) is 3.37. The predicted molar refractivity (Wildman–Crippen MR) is 120 cm³/mol. The Hall–Kier alpha value is -3.60. The molecule has 1 unspecified atom stereocenters. The highest BCUT2D eigenvalue weighted by atomic mass is 16.6. The van der Waals surface area contributed by atoms with E-state index in [9.17, 15) is 9.59 Å². The molecule has 0 saturated carbocycles. The molecule has 31 heavy (non-hydrogen) atoms. The first-order valence-electron chi connectivity index (χ1n) is 10.6. The van der Waals surface area contributed by atoms with Crippen molar-refractivity contribution < 1.29 is 14.3 Å². The number of nitrogens with one attached hydrogen (secondary N) is 1. The van der Waals surface area contributed by atoms with Crippen LogP contribution in [0.2, 0.25) is 0 Å². The van der Waals surface area contributed by atoms with E-state index in [1.807, 2.05) is 71.6 Å². The Labute approximate surface area is 181 Å². The van der Waals surface area contributed by atoms with Crippen molar-refractivity contribution in [3.8, 4) is 11.1 Å². The Kier molecular flexibility index (Phi) is 5.16. The van der Waals surface area contributed by atoms with Crippen LogP contribution >= 0.6 is 0 Å². The van der Waals surface area contributed by atoms with E-state index in [0.717, 1.165) is 24.0 Å². The summed E-state index contributed by atoms with van der Waals surface area (Å²) in [5, 5.41) is 2.80. The lowest BCUT2D eigenvalue weighted by Crippen LogP contribution is -2.38. The molecule has 156 valence electrons. The van der Waals surface area contributed by atoms with Crippen molar-refractivity contribution in [1.82, 2.24) is 4.90 Å². The van der Waals surface area contributed by atoms with Crippen LogP contribution in [0.4, 0.5) is 10.5 Å². The predicted octanol–water partition coefficient (Wildman–Crippen LogP) is 4.67. The van der Waals surface area contributed by atoms with E-state index < -0.39 is 12.2 Å². The van der Waals surface area contributed by atoms with Crippen molar-refractivity contribution in [1.29, 1.82) is 0 Å². The quantitative estimate of drug-likeness (QED) is 0.677. The average molecular weight is 412 g/mol. The Morgan fingerprint density at radius 1 is 0.839 bits per heavy atom. The third-order valence-electron chi connectivity index (χ3n) is 6.08. The zero-order chi connectivity index (χ0) is 21.2. The number of rotatable bonds is 4. The van der Waals surface area contributed by atoms with E-state index >= 15 is 0 Å². The third-order valence-corrected chi connectivity index (χ3v) is 6.08. The lowest BCUT2D eigenvalue weighted by Gasteiger charge is -2.24. The van der Waals surface area contributed by atoms with Gasteiger partial charge in [0, 0.05) is 11.7 Å². The molecule has 1 atom stereocenters. The largest absolute Gasteiger partial charge is 0.444 e. The number of carbonyl (C=O) groups is 2. The molecular weight excluding hydrogens is 388 g/mol. The van der Waals surface area contributed by atoms with Gasteiger partial charge in [0.15, 0.2) is 0 Å². The van der Waals surface area contributed by atoms with Crippen LogP contribution in [0.5, 0.6) is 0 Å². The SMILES string of the molecule is O=C(Nc1cccc(-c2ccccc2)c1)OC1CC(=O)N(C2Cc3ccccc3C2)C1. The van der Waals surface area contributed by atoms with Crippen molar-refractivity contribution in [2.45, 2.75) is 31.4 Å². The molecule has 0 bridgehead atoms. The van der Waals surface area contributed by atoms with Gasteiger partial charge in [-0.2, -0.15) is 0 Å². The van der Waals surface area contributed by atoms with E-state index in [2.05, 4.69) is 17.4 Å². The summed E-state index contributed by atoms with van der Waals surface area (Å²) in [5.74, 6) is 0.0571. The Morgan fingerprint density at radius 3 is 2.26 bits per heavy atom. The van der Waals surface area contributed by atoms with Gasteiger partial charge in [0.2, 0.25) is 5.91 Å². The van der Waals surface area contributed by atoms with Crippen LogP contribution in [0.3, 0.4) is 0 Å². The van der Waals surface area contributed by atoms with Crippen molar-refractivity contribution >= 4 is 17.7 Å². The van der Waals surface area contributed by atoms with Crippen LogP contribution in [-0.2, 0) is 22.4 Å². The summed E-state index contributed by atoms with van der Waals surface area (Å²) in [6, 6.07) is 26.1. The van der Waals surface area contributed by atoms with Gasteiger partial charge in [-0.05, 0) is 47.2 Å². The van der Waals surface area contributed by atoms with E-state index in [1.54, 1.807) is 0 Å². The van der Waals surface area contributed by atoms with Gasteiger partial charge in [-0.25, -0.2) is 4.79 Å². The van der Waals surface area contributed by atoms with Crippen molar-refractivity contribution in [2.75, 3.05) is 11.9 Å². The minimum Gasteiger partial charge on any atom is -0.444 e. The van der Waals surface area contributed by atoms with Crippen molar-refractivity contribution in [2.24, 2.45) is 0 Å². The second kappa shape index (κ2) is 8.26. The smallest absolute Gasteiger partial charge is 0.411 e. The second-order valence-electron chi connectivity index (χ2n) is 8.18. The summed E-state index contributed by atoms with van der Waals surface area (Å²) in [6.45, 7) is 0.453. The number of hydrogen-bond donors (Lipinski definition) is 1. The zero-order valence-corrected chi connectivity index (χ0v) is 17.2. The molecule has 1 fully saturated rings. The van der Waals surface area contributed by atoms with E-state index in [1.165, 1.54) is 11.1 Å². The fourth-order valence-electron chi connectivity index (χ4n) is 4.59. The molecule has 0 aromatic heterocycles. The first kappa shape index (κ1) is 19.4. The zero-order valence-electron chi connectivity index (χ0n) is 17.2. The standard InChI is InChI=1S/C26H24N2O3/c29-25-16-24(17-28(25)23-14-20-9-4-5-10-21(20)15-23)31-26(30)27-22-12-6-11-19(13-22)18-7-2-1-3-8-18/h1-13,23-24H,14-17H2,(H,27,30). The highest BCUT2D eigenvalue weighted by Crippen LogP contribution is 2.29. The number of benzene rings is 3. The van der Waals surface area contributed by atoms with Crippen molar-refractivity contribution in [3.05, 3.63) is 90.0 Å². The fourth-order valence-corrected chi connectivity index (χ4v) is 4.59. The van der Waals surface area contributed by atoms with Gasteiger partial charge in [-0.1, -0.05) is 66.7 Å². The number of anilines is 1. The lowest BCUT2D eigenvalue weighted by atomic mass is 10.1. The van der Waals surface area contributed by atoms with Gasteiger partial charge in [0.25, 0.3) is 0 Å². The normalized spacial score (nSPS) is 18.1. The number of nitrogens with zero attached hydrogens (tertiary/aromatic N) is 1. The first-order valence-corrected chi connectivity index (χ1v) is 10.6. The highest BCUT2D eigenvalue weighted by molar-refractivity contribution is 5.87. The van der Waals surface area contributed by atoms with Gasteiger partial charge in [-0.15, -0.1) is 0 Å². The number of fused-ring (bicyclic) bond motifs is 1. The monoisotopic (exact) mass is 412 g/mol. The number of hydrogen-bond acceptors (Lipinski definition) is 3. The molecule has 5 rings (SSSR count). The molecule has 5 nitrogen and oxygen atoms in total. The first-order chi connectivity index (χ1) is 15.2. The van der Waals surface area contributed by atoms with Crippen LogP contribution in [-0.4, -0.2) is 35.6 Å². The summed E-state index contributed by atoms with van der Waals surface area (Å²) in [4.78, 5) is 26.9. The summed E-state index contributed by atoms with van der Waals surface area (Å²) >= 11 is 0. The number of carbonyl (C=O) groups excluding carboxylic acids is 2. The molecule has 3 aromatic carbocycles. The highest BCUT2D eigenvalue weighted by Gasteiger charge is 2.38. The van der Waals surface area contributed by atoms with E-state index in [4.69, 9.17) is 4.74 Å². The summed E-state index contributed by atoms with van der Waals surface area (Å²) in [7, 11) is 0. The molecule has 1 aliphatic heterocycles. The number of ether oxygens (including phenoxy) is 1. The Balaban J connectivity index is 1.19. The van der Waals surface area contributed by atoms with E-state index in [0.29, 0.717) is 12.2 Å². The molecule has 1 heterocycles. The molecule has 0 radical (unpaired) electrons. The van der Waals surface area contributed by atoms with Gasteiger partial charge in [0.05, 0.1) is 13.0 Å². The molecular formula is C26H24N2O3. The van der Waals surface area contributed by atoms with Gasteiger partial charge in [0.1, 0.15) is 6.10 Å². The van der Waals surface area contributed by atoms with Gasteiger partial charge >= 0.3 is 6.09 Å². The molecule has 0 spiro atoms. The van der Waals surface area contributed by atoms with Crippen LogP contribution in [0, 0.1) is 0 Å². The molecule has 2 amide bonds. The molecule has 5 heteroatoms. The third kappa shape index (κ3) is 4.17. The summed E-state index contributed by atoms with van der Waals surface area (Å²) in [5.41, 5.74) is 5.37. The molecule has 1 saturated heterocycles. The maximum Gasteiger partial charge on any atom is 0.411 e.